The third-order valence-corrected chi connectivity index (χ3v) is 7.35. The molecule has 2 aromatic carbocycles. The molecule has 0 fully saturated rings. The Morgan fingerprint density at radius 2 is 1.38 bits per heavy atom. The van der Waals surface area contributed by atoms with E-state index >= 15 is 0 Å². The van der Waals surface area contributed by atoms with Crippen LogP contribution < -0.4 is 43.8 Å². The fraction of sp³-hybridized carbons (Fsp3) is 0.324. The monoisotopic (exact) mass is 751 g/mol. The van der Waals surface area contributed by atoms with E-state index in [1.54, 1.807) is 30.3 Å². The normalized spacial score (nSPS) is 11.7. The van der Waals surface area contributed by atoms with Crippen LogP contribution in [0.2, 0.25) is 5.15 Å². The molecule has 18 nitrogen and oxygen atoms in total. The number of nitrogens with zero attached hydrogens (tertiary/aromatic N) is 3. The Kier molecular flexibility index (Phi) is 15.9. The number of carbonyl (C=O) groups is 6. The zero-order valence-corrected chi connectivity index (χ0v) is 29.8. The predicted molar refractivity (Wildman–Crippen MR) is 196 cm³/mol. The van der Waals surface area contributed by atoms with Gasteiger partial charge in [-0.1, -0.05) is 86.1 Å². The number of nitrogens with two attached hydrogens (primary N) is 3. The summed E-state index contributed by atoms with van der Waals surface area (Å²) in [6.07, 6.45) is 0.392. The Balaban J connectivity index is 1.53. The van der Waals surface area contributed by atoms with E-state index < -0.39 is 78.9 Å². The number of esters is 1. The molecule has 2 unspecified atom stereocenters. The molecule has 0 saturated heterocycles. The highest BCUT2D eigenvalue weighted by Crippen LogP contribution is 2.21. The topological polar surface area (TPSA) is 288 Å². The van der Waals surface area contributed by atoms with Crippen molar-refractivity contribution in [2.45, 2.75) is 45.4 Å². The number of benzene rings is 2. The average Bonchev–Trinajstić information content (AvgIpc) is 3.12. The summed E-state index contributed by atoms with van der Waals surface area (Å²) >= 11 is 6.02. The van der Waals surface area contributed by atoms with Gasteiger partial charge in [0.1, 0.15) is 18.7 Å². The third-order valence-electron chi connectivity index (χ3n) is 7.09. The molecule has 2 atom stereocenters. The smallest absolute Gasteiger partial charge is 0.328 e. The first-order valence-electron chi connectivity index (χ1n) is 16.3. The minimum absolute atomic E-state index is 0.0306. The number of nitrogens with one attached hydrogen (secondary N) is 5. The van der Waals surface area contributed by atoms with Gasteiger partial charge in [-0.2, -0.15) is 4.99 Å². The maximum absolute atomic E-state index is 13.5. The van der Waals surface area contributed by atoms with E-state index in [0.29, 0.717) is 6.42 Å². The number of nitrogen functional groups attached to an aromatic ring is 1. The van der Waals surface area contributed by atoms with Crippen LogP contribution in [-0.2, 0) is 41.7 Å². The number of rotatable bonds is 18. The van der Waals surface area contributed by atoms with Gasteiger partial charge >= 0.3 is 11.9 Å². The molecule has 1 aromatic heterocycles. The van der Waals surface area contributed by atoms with Gasteiger partial charge in [-0.05, 0) is 23.5 Å². The van der Waals surface area contributed by atoms with Gasteiger partial charge in [0.05, 0.1) is 19.6 Å². The number of guanidine groups is 1. The van der Waals surface area contributed by atoms with Crippen LogP contribution in [0.15, 0.2) is 65.7 Å². The molecule has 0 aliphatic carbocycles. The number of halogens is 1. The van der Waals surface area contributed by atoms with Crippen molar-refractivity contribution in [1.82, 2.24) is 31.2 Å². The van der Waals surface area contributed by atoms with Crippen LogP contribution in [0.4, 0.5) is 11.6 Å². The highest BCUT2D eigenvalue weighted by Gasteiger charge is 2.29. The molecule has 282 valence electrons. The van der Waals surface area contributed by atoms with E-state index in [1.165, 1.54) is 0 Å². The molecule has 5 amide bonds. The summed E-state index contributed by atoms with van der Waals surface area (Å²) in [6, 6.07) is 16.0. The van der Waals surface area contributed by atoms with Gasteiger partial charge in [-0.15, -0.1) is 0 Å². The number of aromatic nitrogens is 2. The predicted octanol–water partition coefficient (Wildman–Crippen LogP) is -0.228. The molecule has 3 rings (SSSR count). The SMILES string of the molecule is CC(C)CC(NC(=O)C(Cc1ccccc1)NC(=O)CNC(=O)CNC(=O)CNc1nc(N)c(C(=O)N=C(N)N)nc1Cl)C(=O)OCc1ccccc1. The minimum atomic E-state index is -1.10. The standard InChI is InChI=1S/C34H42ClN11O7/c1-19(2)13-23(33(52)53-18-21-11-7-4-8-12-21)43-31(50)22(14-20-9-5-3-6-10-20)42-26(49)17-40-24(47)15-39-25(48)16-41-30-28(35)44-27(29(36)45-30)32(51)46-34(37)38/h3-12,19,22-23H,13-18H2,1-2H3,(H,39,48)(H,40,47)(H,42,49)(H,43,50)(H3,36,41,45)(H4,37,38,46,51). The number of hydrogen-bond donors (Lipinski definition) is 8. The van der Waals surface area contributed by atoms with Gasteiger partial charge in [0.2, 0.25) is 23.6 Å². The first-order valence-corrected chi connectivity index (χ1v) is 16.7. The van der Waals surface area contributed by atoms with E-state index in [4.69, 9.17) is 33.5 Å². The van der Waals surface area contributed by atoms with Gasteiger partial charge in [0, 0.05) is 6.42 Å². The van der Waals surface area contributed by atoms with Crippen molar-refractivity contribution in [3.8, 4) is 0 Å². The minimum Gasteiger partial charge on any atom is -0.459 e. The van der Waals surface area contributed by atoms with E-state index in [2.05, 4.69) is 41.5 Å². The second-order valence-corrected chi connectivity index (χ2v) is 12.3. The van der Waals surface area contributed by atoms with E-state index in [0.717, 1.165) is 11.1 Å². The summed E-state index contributed by atoms with van der Waals surface area (Å²) in [5.74, 6) is -5.23. The molecule has 0 radical (unpaired) electrons. The van der Waals surface area contributed by atoms with Gasteiger partial charge < -0.3 is 48.5 Å². The van der Waals surface area contributed by atoms with Crippen LogP contribution in [0, 0.1) is 5.92 Å². The summed E-state index contributed by atoms with van der Waals surface area (Å²) in [5, 5.41) is 12.3. The Bertz CT molecular complexity index is 1790. The Labute approximate surface area is 310 Å². The van der Waals surface area contributed by atoms with Gasteiger partial charge in [-0.3, -0.25) is 24.0 Å². The Hall–Kier alpha value is -6.30. The van der Waals surface area contributed by atoms with Crippen LogP contribution in [0.3, 0.4) is 0 Å². The Morgan fingerprint density at radius 1 is 0.792 bits per heavy atom. The first-order chi connectivity index (χ1) is 25.2. The lowest BCUT2D eigenvalue weighted by molar-refractivity contribution is -0.149. The second-order valence-electron chi connectivity index (χ2n) is 11.9. The summed E-state index contributed by atoms with van der Waals surface area (Å²) in [5.41, 5.74) is 17.2. The Morgan fingerprint density at radius 3 is 1.98 bits per heavy atom. The molecule has 3 aromatic rings. The number of anilines is 2. The lowest BCUT2D eigenvalue weighted by Gasteiger charge is -2.24. The lowest BCUT2D eigenvalue weighted by Crippen LogP contribution is -2.54. The summed E-state index contributed by atoms with van der Waals surface area (Å²) in [4.78, 5) is 87.2. The zero-order chi connectivity index (χ0) is 38.9. The summed E-state index contributed by atoms with van der Waals surface area (Å²) in [6.45, 7) is 2.39. The van der Waals surface area contributed by atoms with Gasteiger partial charge in [0.25, 0.3) is 0 Å². The number of carbonyl (C=O) groups excluding carboxylic acids is 6. The highest BCUT2D eigenvalue weighted by molar-refractivity contribution is 6.32. The maximum Gasteiger partial charge on any atom is 0.328 e. The number of amides is 5. The summed E-state index contributed by atoms with van der Waals surface area (Å²) < 4.78 is 5.48. The molecule has 0 saturated carbocycles. The van der Waals surface area contributed by atoms with Crippen LogP contribution >= 0.6 is 11.6 Å². The number of hydrogen-bond acceptors (Lipinski definition) is 11. The quantitative estimate of drug-likeness (QED) is 0.0474. The third kappa shape index (κ3) is 14.5. The largest absolute Gasteiger partial charge is 0.459 e. The van der Waals surface area contributed by atoms with Crippen molar-refractivity contribution in [3.63, 3.8) is 0 Å². The van der Waals surface area contributed by atoms with E-state index in [9.17, 15) is 28.8 Å². The summed E-state index contributed by atoms with van der Waals surface area (Å²) in [7, 11) is 0. The highest BCUT2D eigenvalue weighted by atomic mass is 35.5. The van der Waals surface area contributed by atoms with Crippen molar-refractivity contribution < 1.29 is 33.5 Å². The van der Waals surface area contributed by atoms with Crippen molar-refractivity contribution >= 4 is 64.7 Å². The van der Waals surface area contributed by atoms with Crippen LogP contribution in [-0.4, -0.2) is 83.2 Å². The second kappa shape index (κ2) is 20.5. The maximum atomic E-state index is 13.5. The zero-order valence-electron chi connectivity index (χ0n) is 29.1. The van der Waals surface area contributed by atoms with Crippen molar-refractivity contribution in [2.75, 3.05) is 30.7 Å². The lowest BCUT2D eigenvalue weighted by atomic mass is 10.0. The van der Waals surface area contributed by atoms with E-state index in [1.807, 2.05) is 44.2 Å². The van der Waals surface area contributed by atoms with Crippen LogP contribution in [0.25, 0.3) is 0 Å². The molecule has 1 heterocycles. The number of aliphatic imine (C=N–C) groups is 1. The fourth-order valence-electron chi connectivity index (χ4n) is 4.61. The molecule has 53 heavy (non-hydrogen) atoms. The molecule has 0 aliphatic heterocycles. The fourth-order valence-corrected chi connectivity index (χ4v) is 4.80. The van der Waals surface area contributed by atoms with Crippen molar-refractivity contribution in [2.24, 2.45) is 22.4 Å². The van der Waals surface area contributed by atoms with Crippen molar-refractivity contribution in [1.29, 1.82) is 0 Å². The molecular weight excluding hydrogens is 710 g/mol. The average molecular weight is 752 g/mol. The van der Waals surface area contributed by atoms with Gasteiger partial charge in [-0.25, -0.2) is 14.8 Å². The molecule has 11 N–H and O–H groups in total. The van der Waals surface area contributed by atoms with Gasteiger partial charge in [0.15, 0.2) is 28.4 Å². The van der Waals surface area contributed by atoms with Crippen LogP contribution in [0.5, 0.6) is 0 Å². The van der Waals surface area contributed by atoms with E-state index in [-0.39, 0.29) is 35.7 Å². The molecular formula is C34H42ClN11O7. The molecule has 0 spiro atoms. The van der Waals surface area contributed by atoms with Crippen LogP contribution in [0.1, 0.15) is 41.9 Å². The molecule has 19 heteroatoms. The van der Waals surface area contributed by atoms with Crippen molar-refractivity contribution in [3.05, 3.63) is 82.6 Å². The number of ether oxygens (including phenoxy) is 1. The first kappa shape index (κ1) is 41.1. The molecule has 0 aliphatic rings. The molecule has 0 bridgehead atoms.